The average molecular weight is 343 g/mol. The van der Waals surface area contributed by atoms with Crippen LogP contribution in [0.15, 0.2) is 23.1 Å². The lowest BCUT2D eigenvalue weighted by molar-refractivity contribution is -0.119. The van der Waals surface area contributed by atoms with Gasteiger partial charge in [-0.05, 0) is 24.6 Å². The minimum atomic E-state index is -2.97. The van der Waals surface area contributed by atoms with Crippen LogP contribution in [0.3, 0.4) is 0 Å². The van der Waals surface area contributed by atoms with Crippen LogP contribution in [0.25, 0.3) is 0 Å². The van der Waals surface area contributed by atoms with Gasteiger partial charge in [0.05, 0.1) is 17.3 Å². The van der Waals surface area contributed by atoms with Gasteiger partial charge in [0.1, 0.15) is 13.2 Å². The van der Waals surface area contributed by atoms with Gasteiger partial charge in [-0.2, -0.15) is 0 Å². The molecule has 0 saturated carbocycles. The topological polar surface area (TPSA) is 81.7 Å². The smallest absolute Gasteiger partial charge is 0.230 e. The summed E-state index contributed by atoms with van der Waals surface area (Å²) >= 11 is 1.39. The molecule has 6 nitrogen and oxygen atoms in total. The van der Waals surface area contributed by atoms with E-state index in [1.807, 2.05) is 18.2 Å². The quantitative estimate of drug-likeness (QED) is 0.817. The van der Waals surface area contributed by atoms with E-state index in [9.17, 15) is 13.2 Å². The van der Waals surface area contributed by atoms with E-state index in [0.29, 0.717) is 25.4 Å². The van der Waals surface area contributed by atoms with Crippen molar-refractivity contribution in [2.45, 2.75) is 17.4 Å². The van der Waals surface area contributed by atoms with E-state index in [-0.39, 0.29) is 29.2 Å². The first-order valence-electron chi connectivity index (χ1n) is 7.04. The molecule has 1 N–H and O–H groups in total. The fraction of sp³-hybridized carbons (Fsp3) is 0.500. The summed E-state index contributed by atoms with van der Waals surface area (Å²) in [4.78, 5) is 12.8. The molecule has 1 amide bonds. The number of sulfone groups is 1. The number of thioether (sulfide) groups is 1. The molecule has 1 aromatic carbocycles. The maximum absolute atomic E-state index is 11.9. The fourth-order valence-electron chi connectivity index (χ4n) is 2.44. The van der Waals surface area contributed by atoms with Crippen LogP contribution >= 0.6 is 11.8 Å². The summed E-state index contributed by atoms with van der Waals surface area (Å²) in [7, 11) is -2.97. The number of benzene rings is 1. The van der Waals surface area contributed by atoms with Crippen molar-refractivity contribution in [3.63, 3.8) is 0 Å². The van der Waals surface area contributed by atoms with Crippen LogP contribution in [-0.4, -0.2) is 50.8 Å². The summed E-state index contributed by atoms with van der Waals surface area (Å²) < 4.78 is 33.6. The highest BCUT2D eigenvalue weighted by molar-refractivity contribution is 8.00. The Morgan fingerprint density at radius 1 is 1.27 bits per heavy atom. The van der Waals surface area contributed by atoms with Gasteiger partial charge in [0, 0.05) is 10.9 Å². The first-order chi connectivity index (χ1) is 10.5. The third-order valence-electron chi connectivity index (χ3n) is 3.48. The van der Waals surface area contributed by atoms with Gasteiger partial charge >= 0.3 is 0 Å². The van der Waals surface area contributed by atoms with Crippen molar-refractivity contribution in [3.8, 4) is 11.5 Å². The van der Waals surface area contributed by atoms with Gasteiger partial charge in [0.15, 0.2) is 21.3 Å². The number of ether oxygens (including phenoxy) is 2. The molecular weight excluding hydrogens is 326 g/mol. The van der Waals surface area contributed by atoms with E-state index in [0.717, 1.165) is 10.6 Å². The molecule has 0 radical (unpaired) electrons. The molecule has 3 rings (SSSR count). The minimum Gasteiger partial charge on any atom is -0.486 e. The highest BCUT2D eigenvalue weighted by atomic mass is 32.2. The zero-order chi connectivity index (χ0) is 15.6. The Labute approximate surface area is 133 Å². The van der Waals surface area contributed by atoms with Crippen LogP contribution in [-0.2, 0) is 14.6 Å². The largest absolute Gasteiger partial charge is 0.486 e. The number of hydrogen-bond donors (Lipinski definition) is 1. The Morgan fingerprint density at radius 3 is 2.77 bits per heavy atom. The van der Waals surface area contributed by atoms with E-state index in [1.54, 1.807) is 0 Å². The van der Waals surface area contributed by atoms with Gasteiger partial charge in [-0.15, -0.1) is 11.8 Å². The molecule has 8 heteroatoms. The lowest BCUT2D eigenvalue weighted by Gasteiger charge is -2.18. The summed E-state index contributed by atoms with van der Waals surface area (Å²) in [5.41, 5.74) is 0. The van der Waals surface area contributed by atoms with E-state index in [2.05, 4.69) is 5.32 Å². The highest BCUT2D eigenvalue weighted by Crippen LogP contribution is 2.34. The predicted molar refractivity (Wildman–Crippen MR) is 83.4 cm³/mol. The maximum atomic E-state index is 11.9. The fourth-order valence-corrected chi connectivity index (χ4v) is 4.85. The number of amides is 1. The lowest BCUT2D eigenvalue weighted by atomic mass is 10.3. The van der Waals surface area contributed by atoms with Crippen molar-refractivity contribution in [3.05, 3.63) is 18.2 Å². The van der Waals surface area contributed by atoms with Gasteiger partial charge in [-0.25, -0.2) is 8.42 Å². The first kappa shape index (κ1) is 15.5. The molecule has 0 unspecified atom stereocenters. The van der Waals surface area contributed by atoms with Crippen LogP contribution in [0.4, 0.5) is 0 Å². The molecule has 1 fully saturated rings. The number of carbonyl (C=O) groups excluding carboxylic acids is 1. The monoisotopic (exact) mass is 343 g/mol. The van der Waals surface area contributed by atoms with Gasteiger partial charge in [-0.3, -0.25) is 4.79 Å². The lowest BCUT2D eigenvalue weighted by Crippen LogP contribution is -2.36. The van der Waals surface area contributed by atoms with E-state index >= 15 is 0 Å². The number of nitrogens with one attached hydrogen (secondary N) is 1. The number of rotatable bonds is 4. The number of carbonyl (C=O) groups is 1. The summed E-state index contributed by atoms with van der Waals surface area (Å²) in [5, 5.41) is 2.77. The highest BCUT2D eigenvalue weighted by Gasteiger charge is 2.28. The Balaban J connectivity index is 1.51. The molecule has 2 aliphatic heterocycles. The zero-order valence-corrected chi connectivity index (χ0v) is 13.5. The van der Waals surface area contributed by atoms with Crippen molar-refractivity contribution in [2.75, 3.05) is 30.5 Å². The second-order valence-electron chi connectivity index (χ2n) is 5.26. The normalized spacial score (nSPS) is 22.3. The van der Waals surface area contributed by atoms with Crippen molar-refractivity contribution >= 4 is 27.5 Å². The van der Waals surface area contributed by atoms with E-state index in [4.69, 9.17) is 9.47 Å². The Hall–Kier alpha value is -1.41. The summed E-state index contributed by atoms with van der Waals surface area (Å²) in [6.07, 6.45) is 0.503. The summed E-state index contributed by atoms with van der Waals surface area (Å²) in [6, 6.07) is 5.31. The van der Waals surface area contributed by atoms with Crippen LogP contribution in [0, 0.1) is 0 Å². The third kappa shape index (κ3) is 3.86. The van der Waals surface area contributed by atoms with Crippen LogP contribution in [0.1, 0.15) is 6.42 Å². The Morgan fingerprint density at radius 2 is 2.05 bits per heavy atom. The molecule has 1 atom stereocenters. The molecule has 22 heavy (non-hydrogen) atoms. The maximum Gasteiger partial charge on any atom is 0.230 e. The van der Waals surface area contributed by atoms with E-state index < -0.39 is 9.84 Å². The minimum absolute atomic E-state index is 0.0490. The molecule has 2 heterocycles. The van der Waals surface area contributed by atoms with Crippen molar-refractivity contribution in [1.29, 1.82) is 0 Å². The Kier molecular flexibility index (Phi) is 4.49. The SMILES string of the molecule is O=C(CSc1ccc2c(c1)OCCO2)N[C@@H]1CCS(=O)(=O)C1. The van der Waals surface area contributed by atoms with Gasteiger partial charge in [0.25, 0.3) is 0 Å². The molecular formula is C14H17NO5S2. The molecule has 0 aromatic heterocycles. The Bertz CT molecular complexity index is 674. The molecule has 0 spiro atoms. The number of fused-ring (bicyclic) bond motifs is 1. The second kappa shape index (κ2) is 6.37. The molecule has 0 bridgehead atoms. The summed E-state index contributed by atoms with van der Waals surface area (Å²) in [6.45, 7) is 1.07. The first-order valence-corrected chi connectivity index (χ1v) is 9.85. The van der Waals surface area contributed by atoms with E-state index in [1.165, 1.54) is 11.8 Å². The average Bonchev–Trinajstić information content (AvgIpc) is 2.84. The third-order valence-corrected chi connectivity index (χ3v) is 6.24. The van der Waals surface area contributed by atoms with Gasteiger partial charge in [-0.1, -0.05) is 0 Å². The van der Waals surface area contributed by atoms with Gasteiger partial charge < -0.3 is 14.8 Å². The van der Waals surface area contributed by atoms with Crippen molar-refractivity contribution in [1.82, 2.24) is 5.32 Å². The van der Waals surface area contributed by atoms with Gasteiger partial charge in [0.2, 0.25) is 5.91 Å². The molecule has 1 aromatic rings. The second-order valence-corrected chi connectivity index (χ2v) is 8.54. The molecule has 1 saturated heterocycles. The number of hydrogen-bond acceptors (Lipinski definition) is 6. The van der Waals surface area contributed by atoms with Crippen molar-refractivity contribution in [2.24, 2.45) is 0 Å². The van der Waals surface area contributed by atoms with Crippen molar-refractivity contribution < 1.29 is 22.7 Å². The zero-order valence-electron chi connectivity index (χ0n) is 11.9. The molecule has 0 aliphatic carbocycles. The standard InChI is InChI=1S/C14H17NO5S2/c16-14(15-10-3-6-22(17,18)9-10)8-21-11-1-2-12-13(7-11)20-5-4-19-12/h1-2,7,10H,3-6,8-9H2,(H,15,16)/t10-/m1/s1. The predicted octanol–water partition coefficient (Wildman–Crippen LogP) is 0.853. The van der Waals surface area contributed by atoms with Crippen LogP contribution in [0.2, 0.25) is 0 Å². The molecule has 120 valence electrons. The summed E-state index contributed by atoms with van der Waals surface area (Å²) in [5.74, 6) is 1.72. The molecule has 2 aliphatic rings. The van der Waals surface area contributed by atoms with Crippen LogP contribution in [0.5, 0.6) is 11.5 Å². The van der Waals surface area contributed by atoms with Crippen LogP contribution < -0.4 is 14.8 Å².